The summed E-state index contributed by atoms with van der Waals surface area (Å²) in [6.07, 6.45) is 3.35. The first-order valence-corrected chi connectivity index (χ1v) is 7.78. The van der Waals surface area contributed by atoms with Gasteiger partial charge in [0.15, 0.2) is 5.65 Å². The topological polar surface area (TPSA) is 60.2 Å². The summed E-state index contributed by atoms with van der Waals surface area (Å²) >= 11 is 6.31. The average molecular weight is 335 g/mol. The molecule has 1 aliphatic heterocycles. The Balaban J connectivity index is 1.82. The van der Waals surface area contributed by atoms with Crippen LogP contribution in [0.15, 0.2) is 18.3 Å². The first kappa shape index (κ1) is 15.8. The number of nitrogens with zero attached hydrogens (tertiary/aromatic N) is 4. The SMILES string of the molecule is Cn1ncc2c(Cl)cc(C3=CCN(C(=O)OC(C)(C)C)C3)nc21. The largest absolute Gasteiger partial charge is 0.444 e. The van der Waals surface area contributed by atoms with Gasteiger partial charge in [-0.25, -0.2) is 9.78 Å². The van der Waals surface area contributed by atoms with Gasteiger partial charge in [0.1, 0.15) is 5.60 Å². The number of ether oxygens (including phenoxy) is 1. The summed E-state index contributed by atoms with van der Waals surface area (Å²) in [5.41, 5.74) is 1.94. The van der Waals surface area contributed by atoms with E-state index in [1.807, 2.05) is 40.0 Å². The van der Waals surface area contributed by atoms with Gasteiger partial charge < -0.3 is 9.64 Å². The highest BCUT2D eigenvalue weighted by molar-refractivity contribution is 6.35. The molecule has 7 heteroatoms. The molecule has 2 aromatic heterocycles. The molecule has 0 N–H and O–H groups in total. The van der Waals surface area contributed by atoms with Crippen LogP contribution in [0.3, 0.4) is 0 Å². The van der Waals surface area contributed by atoms with E-state index in [9.17, 15) is 4.79 Å². The van der Waals surface area contributed by atoms with Crippen LogP contribution < -0.4 is 0 Å². The van der Waals surface area contributed by atoms with E-state index in [0.717, 1.165) is 22.3 Å². The highest BCUT2D eigenvalue weighted by Gasteiger charge is 2.26. The highest BCUT2D eigenvalue weighted by atomic mass is 35.5. The van der Waals surface area contributed by atoms with Gasteiger partial charge in [0.25, 0.3) is 0 Å². The molecule has 1 amide bonds. The summed E-state index contributed by atoms with van der Waals surface area (Å²) in [5, 5.41) is 5.60. The Morgan fingerprint density at radius 1 is 1.39 bits per heavy atom. The van der Waals surface area contributed by atoms with E-state index < -0.39 is 5.60 Å². The second kappa shape index (κ2) is 5.53. The van der Waals surface area contributed by atoms with Gasteiger partial charge in [0, 0.05) is 13.6 Å². The predicted octanol–water partition coefficient (Wildman–Crippen LogP) is 3.26. The molecule has 0 saturated heterocycles. The van der Waals surface area contributed by atoms with E-state index in [0.29, 0.717) is 18.1 Å². The summed E-state index contributed by atoms with van der Waals surface area (Å²) < 4.78 is 7.09. The molecule has 2 aromatic rings. The molecule has 3 rings (SSSR count). The van der Waals surface area contributed by atoms with Crippen molar-refractivity contribution in [3.8, 4) is 0 Å². The number of rotatable bonds is 1. The lowest BCUT2D eigenvalue weighted by atomic mass is 10.1. The van der Waals surface area contributed by atoms with E-state index in [-0.39, 0.29) is 6.09 Å². The van der Waals surface area contributed by atoms with Crippen molar-refractivity contribution in [3.05, 3.63) is 29.1 Å². The molecule has 0 radical (unpaired) electrons. The first-order chi connectivity index (χ1) is 10.7. The summed E-state index contributed by atoms with van der Waals surface area (Å²) in [6.45, 7) is 6.53. The van der Waals surface area contributed by atoms with Crippen LogP contribution in [0.4, 0.5) is 4.79 Å². The molecular weight excluding hydrogens is 316 g/mol. The Morgan fingerprint density at radius 3 is 2.83 bits per heavy atom. The fourth-order valence-electron chi connectivity index (χ4n) is 2.45. The third kappa shape index (κ3) is 3.17. The number of carbonyl (C=O) groups is 1. The number of pyridine rings is 1. The number of fused-ring (bicyclic) bond motifs is 1. The van der Waals surface area contributed by atoms with Crippen molar-refractivity contribution >= 4 is 34.3 Å². The molecule has 0 unspecified atom stereocenters. The molecule has 0 spiro atoms. The maximum absolute atomic E-state index is 12.1. The molecule has 0 fully saturated rings. The fraction of sp³-hybridized carbons (Fsp3) is 0.438. The number of hydrogen-bond acceptors (Lipinski definition) is 4. The minimum atomic E-state index is -0.505. The van der Waals surface area contributed by atoms with Crippen LogP contribution in [0, 0.1) is 0 Å². The van der Waals surface area contributed by atoms with Gasteiger partial charge in [0.05, 0.1) is 28.8 Å². The third-order valence-electron chi connectivity index (χ3n) is 3.55. The quantitative estimate of drug-likeness (QED) is 0.803. The van der Waals surface area contributed by atoms with Crippen molar-refractivity contribution in [2.45, 2.75) is 26.4 Å². The summed E-state index contributed by atoms with van der Waals surface area (Å²) in [5.74, 6) is 0. The van der Waals surface area contributed by atoms with Crippen molar-refractivity contribution in [1.29, 1.82) is 0 Å². The van der Waals surface area contributed by atoms with Crippen molar-refractivity contribution < 1.29 is 9.53 Å². The van der Waals surface area contributed by atoms with E-state index in [4.69, 9.17) is 16.3 Å². The Hall–Kier alpha value is -2.08. The summed E-state index contributed by atoms with van der Waals surface area (Å²) in [7, 11) is 1.82. The average Bonchev–Trinajstić information content (AvgIpc) is 3.05. The van der Waals surface area contributed by atoms with Gasteiger partial charge in [0.2, 0.25) is 0 Å². The molecule has 0 bridgehead atoms. The fourth-order valence-corrected chi connectivity index (χ4v) is 2.68. The van der Waals surface area contributed by atoms with Gasteiger partial charge in [-0.15, -0.1) is 0 Å². The lowest BCUT2D eigenvalue weighted by Gasteiger charge is -2.24. The second-order valence-corrected chi connectivity index (χ2v) is 6.99. The zero-order valence-electron chi connectivity index (χ0n) is 13.6. The van der Waals surface area contributed by atoms with Crippen molar-refractivity contribution in [3.63, 3.8) is 0 Å². The standard InChI is InChI=1S/C16H19ClN4O2/c1-16(2,3)23-15(22)21-6-5-10(9-21)13-7-12(17)11-8-18-20(4)14(11)19-13/h5,7-8H,6,9H2,1-4H3. The maximum atomic E-state index is 12.1. The van der Waals surface area contributed by atoms with Crippen molar-refractivity contribution in [1.82, 2.24) is 19.7 Å². The summed E-state index contributed by atoms with van der Waals surface area (Å²) in [6, 6.07) is 1.82. The number of aryl methyl sites for hydroxylation is 1. The maximum Gasteiger partial charge on any atom is 0.410 e. The minimum absolute atomic E-state index is 0.323. The minimum Gasteiger partial charge on any atom is -0.444 e. The van der Waals surface area contributed by atoms with Crippen LogP contribution >= 0.6 is 11.6 Å². The van der Waals surface area contributed by atoms with Crippen LogP contribution in [-0.2, 0) is 11.8 Å². The van der Waals surface area contributed by atoms with E-state index in [1.54, 1.807) is 15.8 Å². The number of amides is 1. The summed E-state index contributed by atoms with van der Waals surface area (Å²) in [4.78, 5) is 18.4. The normalized spacial score (nSPS) is 15.2. The molecule has 0 atom stereocenters. The van der Waals surface area contributed by atoms with Gasteiger partial charge in [-0.3, -0.25) is 4.68 Å². The lowest BCUT2D eigenvalue weighted by molar-refractivity contribution is 0.0306. The van der Waals surface area contributed by atoms with Crippen LogP contribution in [0.5, 0.6) is 0 Å². The van der Waals surface area contributed by atoms with Crippen LogP contribution in [0.1, 0.15) is 26.5 Å². The van der Waals surface area contributed by atoms with Gasteiger partial charge in [-0.2, -0.15) is 5.10 Å². The zero-order valence-corrected chi connectivity index (χ0v) is 14.4. The van der Waals surface area contributed by atoms with Gasteiger partial charge in [-0.1, -0.05) is 17.7 Å². The Kier molecular flexibility index (Phi) is 3.80. The predicted molar refractivity (Wildman–Crippen MR) is 89.3 cm³/mol. The van der Waals surface area contributed by atoms with Crippen LogP contribution in [-0.4, -0.2) is 44.4 Å². The Labute approximate surface area is 139 Å². The third-order valence-corrected chi connectivity index (χ3v) is 3.87. The van der Waals surface area contributed by atoms with Gasteiger partial charge in [-0.05, 0) is 32.4 Å². The Morgan fingerprint density at radius 2 is 2.13 bits per heavy atom. The molecule has 6 nitrogen and oxygen atoms in total. The zero-order chi connectivity index (χ0) is 16.8. The molecule has 0 aliphatic carbocycles. The smallest absolute Gasteiger partial charge is 0.410 e. The first-order valence-electron chi connectivity index (χ1n) is 7.40. The highest BCUT2D eigenvalue weighted by Crippen LogP contribution is 2.28. The number of aromatic nitrogens is 3. The number of hydrogen-bond donors (Lipinski definition) is 0. The Bertz CT molecular complexity index is 804. The monoisotopic (exact) mass is 334 g/mol. The molecule has 23 heavy (non-hydrogen) atoms. The van der Waals surface area contributed by atoms with Crippen LogP contribution in [0.2, 0.25) is 5.02 Å². The van der Waals surface area contributed by atoms with E-state index in [2.05, 4.69) is 10.1 Å². The van der Waals surface area contributed by atoms with E-state index in [1.165, 1.54) is 0 Å². The van der Waals surface area contributed by atoms with E-state index >= 15 is 0 Å². The van der Waals surface area contributed by atoms with Crippen molar-refractivity contribution in [2.75, 3.05) is 13.1 Å². The molecule has 0 aromatic carbocycles. The molecule has 0 saturated carbocycles. The number of carbonyl (C=O) groups excluding carboxylic acids is 1. The molecule has 1 aliphatic rings. The molecule has 3 heterocycles. The number of halogens is 1. The van der Waals surface area contributed by atoms with Crippen molar-refractivity contribution in [2.24, 2.45) is 7.05 Å². The second-order valence-electron chi connectivity index (χ2n) is 6.59. The molecule has 122 valence electrons. The molecular formula is C16H19ClN4O2. The van der Waals surface area contributed by atoms with Crippen LogP contribution in [0.25, 0.3) is 16.6 Å². The van der Waals surface area contributed by atoms with Gasteiger partial charge >= 0.3 is 6.09 Å². The lowest BCUT2D eigenvalue weighted by Crippen LogP contribution is -2.35.